The fourth-order valence-corrected chi connectivity index (χ4v) is 4.71. The fraction of sp³-hybridized carbons (Fsp3) is 0.333. The molecule has 1 aliphatic rings. The van der Waals surface area contributed by atoms with Gasteiger partial charge in [-0.2, -0.15) is 4.31 Å². The molecule has 2 N–H and O–H groups in total. The van der Waals surface area contributed by atoms with Crippen LogP contribution in [0.5, 0.6) is 5.75 Å². The molecule has 1 aliphatic heterocycles. The van der Waals surface area contributed by atoms with Crippen LogP contribution in [0.4, 0.5) is 4.39 Å². The van der Waals surface area contributed by atoms with E-state index in [2.05, 4.69) is 10.6 Å². The minimum absolute atomic E-state index is 0.0581. The third-order valence-electron chi connectivity index (χ3n) is 4.86. The van der Waals surface area contributed by atoms with Crippen molar-refractivity contribution in [1.29, 1.82) is 0 Å². The number of rotatable bonds is 7. The quantitative estimate of drug-likeness (QED) is 0.590. The van der Waals surface area contributed by atoms with Gasteiger partial charge in [0.05, 0.1) is 25.2 Å². The van der Waals surface area contributed by atoms with Gasteiger partial charge in [0.1, 0.15) is 17.8 Å². The average Bonchev–Trinajstić information content (AvgIpc) is 2.82. The number of methoxy groups -OCH3 is 1. The van der Waals surface area contributed by atoms with Crippen molar-refractivity contribution in [2.45, 2.75) is 24.1 Å². The predicted octanol–water partition coefficient (Wildman–Crippen LogP) is 1.00. The van der Waals surface area contributed by atoms with Crippen molar-refractivity contribution >= 4 is 21.8 Å². The van der Waals surface area contributed by atoms with Crippen molar-refractivity contribution in [3.05, 3.63) is 59.9 Å². The number of amides is 2. The molecule has 11 heteroatoms. The zero-order valence-corrected chi connectivity index (χ0v) is 18.2. The van der Waals surface area contributed by atoms with Gasteiger partial charge in [-0.05, 0) is 36.8 Å². The van der Waals surface area contributed by atoms with Crippen LogP contribution >= 0.6 is 0 Å². The molecular formula is C21H24FN3O6S. The van der Waals surface area contributed by atoms with Crippen LogP contribution in [0.25, 0.3) is 0 Å². The predicted molar refractivity (Wildman–Crippen MR) is 112 cm³/mol. The number of nitrogens with zero attached hydrogens (tertiary/aromatic N) is 1. The topological polar surface area (TPSA) is 114 Å². The van der Waals surface area contributed by atoms with Gasteiger partial charge in [0.2, 0.25) is 10.0 Å². The molecule has 1 saturated heterocycles. The molecule has 0 spiro atoms. The van der Waals surface area contributed by atoms with E-state index in [-0.39, 0.29) is 30.1 Å². The summed E-state index contributed by atoms with van der Waals surface area (Å²) in [5.74, 6) is -1.92. The number of nitrogens with one attached hydrogen (secondary N) is 2. The van der Waals surface area contributed by atoms with Crippen LogP contribution in [-0.2, 0) is 30.9 Å². The lowest BCUT2D eigenvalue weighted by Crippen LogP contribution is -2.53. The normalized spacial score (nSPS) is 16.9. The van der Waals surface area contributed by atoms with Gasteiger partial charge in [0, 0.05) is 18.7 Å². The van der Waals surface area contributed by atoms with Crippen LogP contribution in [0.1, 0.15) is 12.0 Å². The van der Waals surface area contributed by atoms with Crippen LogP contribution in [0.2, 0.25) is 0 Å². The molecule has 172 valence electrons. The third-order valence-corrected chi connectivity index (χ3v) is 6.76. The third kappa shape index (κ3) is 5.61. The maximum absolute atomic E-state index is 13.6. The van der Waals surface area contributed by atoms with E-state index >= 15 is 0 Å². The van der Waals surface area contributed by atoms with Crippen molar-refractivity contribution in [2.75, 3.05) is 26.8 Å². The van der Waals surface area contributed by atoms with Gasteiger partial charge in [0.15, 0.2) is 0 Å². The molecule has 2 amide bonds. The molecule has 3 rings (SSSR count). The smallest absolute Gasteiger partial charge is 0.309 e. The summed E-state index contributed by atoms with van der Waals surface area (Å²) in [6.45, 7) is 0.140. The molecule has 2 aromatic carbocycles. The number of hydrogen-bond donors (Lipinski definition) is 2. The Morgan fingerprint density at radius 2 is 1.81 bits per heavy atom. The zero-order valence-electron chi connectivity index (χ0n) is 17.4. The highest BCUT2D eigenvalue weighted by Gasteiger charge is 2.35. The van der Waals surface area contributed by atoms with Crippen molar-refractivity contribution in [3.8, 4) is 5.75 Å². The van der Waals surface area contributed by atoms with E-state index in [0.29, 0.717) is 18.8 Å². The highest BCUT2D eigenvalue weighted by Crippen LogP contribution is 2.23. The van der Waals surface area contributed by atoms with Crippen molar-refractivity contribution in [3.63, 3.8) is 0 Å². The van der Waals surface area contributed by atoms with Crippen LogP contribution in [0, 0.1) is 5.82 Å². The molecule has 0 unspecified atom stereocenters. The Labute approximate surface area is 185 Å². The Kier molecular flexibility index (Phi) is 7.78. The average molecular weight is 466 g/mol. The van der Waals surface area contributed by atoms with Crippen LogP contribution < -0.4 is 15.4 Å². The van der Waals surface area contributed by atoms with Crippen molar-refractivity contribution < 1.29 is 31.9 Å². The maximum Gasteiger partial charge on any atom is 0.309 e. The number of carbonyl (C=O) groups excluding carboxylic acids is 2. The van der Waals surface area contributed by atoms with E-state index in [9.17, 15) is 22.4 Å². The minimum atomic E-state index is -3.90. The Balaban J connectivity index is 1.60. The Bertz CT molecular complexity index is 1060. The lowest BCUT2D eigenvalue weighted by molar-refractivity contribution is -0.140. The number of sulfonamides is 1. The van der Waals surface area contributed by atoms with E-state index in [1.165, 1.54) is 49.6 Å². The molecule has 9 nitrogen and oxygen atoms in total. The molecule has 1 fully saturated rings. The first-order valence-corrected chi connectivity index (χ1v) is 11.3. The first-order valence-electron chi connectivity index (χ1n) is 9.90. The molecule has 0 bridgehead atoms. The molecule has 32 heavy (non-hydrogen) atoms. The first kappa shape index (κ1) is 23.6. The second kappa shape index (κ2) is 10.5. The van der Waals surface area contributed by atoms with Gasteiger partial charge in [-0.15, -0.1) is 0 Å². The molecule has 0 aromatic heterocycles. The summed E-state index contributed by atoms with van der Waals surface area (Å²) < 4.78 is 51.5. The molecule has 0 saturated carbocycles. The summed E-state index contributed by atoms with van der Waals surface area (Å²) in [5.41, 5.74) is 0.237. The molecule has 0 radical (unpaired) electrons. The van der Waals surface area contributed by atoms with Crippen molar-refractivity contribution in [2.24, 2.45) is 0 Å². The summed E-state index contributed by atoms with van der Waals surface area (Å²) in [5, 5.41) is 4.71. The SMILES string of the molecule is COc1ccc(S(=O)(=O)N2CCCO[C@H]2CNC(=O)C(=O)NCc2ccccc2F)cc1. The van der Waals surface area contributed by atoms with E-state index < -0.39 is 33.9 Å². The Morgan fingerprint density at radius 3 is 2.50 bits per heavy atom. The second-order valence-electron chi connectivity index (χ2n) is 6.95. The zero-order chi connectivity index (χ0) is 23.1. The van der Waals surface area contributed by atoms with Crippen LogP contribution in [0.3, 0.4) is 0 Å². The molecule has 2 aromatic rings. The minimum Gasteiger partial charge on any atom is -0.497 e. The molecule has 0 aliphatic carbocycles. The highest BCUT2D eigenvalue weighted by atomic mass is 32.2. The second-order valence-corrected chi connectivity index (χ2v) is 8.84. The van der Waals surface area contributed by atoms with Crippen molar-refractivity contribution in [1.82, 2.24) is 14.9 Å². The molecular weight excluding hydrogens is 441 g/mol. The van der Waals surface area contributed by atoms with E-state index in [1.807, 2.05) is 0 Å². The lowest BCUT2D eigenvalue weighted by Gasteiger charge is -2.34. The summed E-state index contributed by atoms with van der Waals surface area (Å²) in [4.78, 5) is 24.2. The Hall–Kier alpha value is -3.02. The molecule has 1 atom stereocenters. The standard InChI is InChI=1S/C21H24FN3O6S/c1-30-16-7-9-17(10-8-16)32(28,29)25-11-4-12-31-19(25)14-24-21(27)20(26)23-13-15-5-2-3-6-18(15)22/h2-3,5-10,19H,4,11-14H2,1H3,(H,23,26)(H,24,27)/t19-/m0/s1. The summed E-state index contributed by atoms with van der Waals surface area (Å²) >= 11 is 0. The van der Waals surface area contributed by atoms with Gasteiger partial charge >= 0.3 is 11.8 Å². The largest absolute Gasteiger partial charge is 0.497 e. The highest BCUT2D eigenvalue weighted by molar-refractivity contribution is 7.89. The van der Waals surface area contributed by atoms with Gasteiger partial charge in [-0.3, -0.25) is 9.59 Å². The van der Waals surface area contributed by atoms with Crippen LogP contribution in [-0.4, -0.2) is 57.6 Å². The fourth-order valence-electron chi connectivity index (χ4n) is 3.14. The summed E-state index contributed by atoms with van der Waals surface area (Å²) in [6, 6.07) is 11.8. The van der Waals surface area contributed by atoms with E-state index in [1.54, 1.807) is 6.07 Å². The molecule has 1 heterocycles. The number of carbonyl (C=O) groups is 2. The van der Waals surface area contributed by atoms with Gasteiger partial charge in [-0.25, -0.2) is 12.8 Å². The summed E-state index contributed by atoms with van der Waals surface area (Å²) in [7, 11) is -2.42. The van der Waals surface area contributed by atoms with E-state index in [4.69, 9.17) is 9.47 Å². The summed E-state index contributed by atoms with van der Waals surface area (Å²) in [6.07, 6.45) is -0.484. The van der Waals surface area contributed by atoms with E-state index in [0.717, 1.165) is 4.31 Å². The number of ether oxygens (including phenoxy) is 2. The lowest BCUT2D eigenvalue weighted by atomic mass is 10.2. The Morgan fingerprint density at radius 1 is 1.12 bits per heavy atom. The number of halogens is 1. The van der Waals surface area contributed by atoms with Gasteiger partial charge in [0.25, 0.3) is 0 Å². The first-order chi connectivity index (χ1) is 15.3. The van der Waals surface area contributed by atoms with Gasteiger partial charge < -0.3 is 20.1 Å². The monoisotopic (exact) mass is 465 g/mol. The number of benzene rings is 2. The van der Waals surface area contributed by atoms with Crippen LogP contribution in [0.15, 0.2) is 53.4 Å². The maximum atomic E-state index is 13.6. The van der Waals surface area contributed by atoms with Gasteiger partial charge in [-0.1, -0.05) is 18.2 Å². The number of hydrogen-bond acceptors (Lipinski definition) is 6.